The Morgan fingerprint density at radius 1 is 1.31 bits per heavy atom. The molecule has 0 radical (unpaired) electrons. The van der Waals surface area contributed by atoms with E-state index in [4.69, 9.17) is 4.74 Å². The van der Waals surface area contributed by atoms with Crippen LogP contribution in [0.25, 0.3) is 0 Å². The molecule has 1 aromatic carbocycles. The van der Waals surface area contributed by atoms with Crippen LogP contribution in [0.4, 0.5) is 18.0 Å². The summed E-state index contributed by atoms with van der Waals surface area (Å²) in [6.45, 7) is 3.06. The molecule has 29 heavy (non-hydrogen) atoms. The lowest BCUT2D eigenvalue weighted by Crippen LogP contribution is -2.48. The Kier molecular flexibility index (Phi) is 6.89. The summed E-state index contributed by atoms with van der Waals surface area (Å²) in [6, 6.07) is 2.52. The number of amides is 2. The highest BCUT2D eigenvalue weighted by Gasteiger charge is 2.37. The maximum absolute atomic E-state index is 13.1. The van der Waals surface area contributed by atoms with Gasteiger partial charge in [-0.1, -0.05) is 12.1 Å². The van der Waals surface area contributed by atoms with Gasteiger partial charge in [0.1, 0.15) is 0 Å². The lowest BCUT2D eigenvalue weighted by atomic mass is 9.93. The second kappa shape index (κ2) is 8.97. The van der Waals surface area contributed by atoms with E-state index in [0.717, 1.165) is 12.1 Å². The smallest absolute Gasteiger partial charge is 0.416 e. The highest BCUT2D eigenvalue weighted by molar-refractivity contribution is 5.95. The van der Waals surface area contributed by atoms with Crippen LogP contribution in [0.2, 0.25) is 0 Å². The summed E-state index contributed by atoms with van der Waals surface area (Å²) in [5, 5.41) is 13.1. The monoisotopic (exact) mass is 413 g/mol. The molecule has 1 aromatic rings. The zero-order valence-electron chi connectivity index (χ0n) is 15.8. The van der Waals surface area contributed by atoms with E-state index in [1.54, 1.807) is 6.92 Å². The van der Waals surface area contributed by atoms with Crippen LogP contribution in [0.5, 0.6) is 0 Å². The van der Waals surface area contributed by atoms with Gasteiger partial charge in [0.2, 0.25) is 0 Å². The number of nitrogens with zero attached hydrogens (tertiary/aromatic N) is 1. The topological polar surface area (TPSA) is 98.8 Å². The van der Waals surface area contributed by atoms with Crippen molar-refractivity contribution in [2.75, 3.05) is 13.2 Å². The van der Waals surface area contributed by atoms with Crippen LogP contribution < -0.4 is 10.4 Å². The quantitative estimate of drug-likeness (QED) is 0.691. The third-order valence-corrected chi connectivity index (χ3v) is 4.40. The van der Waals surface area contributed by atoms with Crippen LogP contribution in [0.1, 0.15) is 43.9 Å². The summed E-state index contributed by atoms with van der Waals surface area (Å²) in [5.74, 6) is -2.06. The van der Waals surface area contributed by atoms with Crippen LogP contribution in [0.15, 0.2) is 35.5 Å². The van der Waals surface area contributed by atoms with Crippen molar-refractivity contribution in [2.24, 2.45) is 0 Å². The van der Waals surface area contributed by atoms with Crippen molar-refractivity contribution in [1.29, 1.82) is 0 Å². The summed E-state index contributed by atoms with van der Waals surface area (Å²) < 4.78 is 44.3. The molecule has 0 aromatic heterocycles. The van der Waals surface area contributed by atoms with Gasteiger partial charge in [-0.3, -0.25) is 4.90 Å². The largest absolute Gasteiger partial charge is 0.550 e. The van der Waals surface area contributed by atoms with Crippen molar-refractivity contribution in [3.05, 3.63) is 46.7 Å². The van der Waals surface area contributed by atoms with Gasteiger partial charge in [-0.05, 0) is 44.4 Å². The molecule has 0 spiro atoms. The molecule has 1 aliphatic heterocycles. The Morgan fingerprint density at radius 2 is 2.00 bits per heavy atom. The number of carbonyl (C=O) groups excluding carboxylic acids is 3. The number of carboxylic acids is 1. The molecule has 2 amide bonds. The minimum absolute atomic E-state index is 0.0101. The first-order chi connectivity index (χ1) is 13.6. The number of carbonyl (C=O) groups is 3. The number of hydrogen-bond acceptors (Lipinski definition) is 5. The molecule has 0 fully saturated rings. The van der Waals surface area contributed by atoms with E-state index in [0.29, 0.717) is 0 Å². The van der Waals surface area contributed by atoms with E-state index in [9.17, 15) is 32.7 Å². The van der Waals surface area contributed by atoms with Gasteiger partial charge in [-0.15, -0.1) is 0 Å². The Bertz CT molecular complexity index is 835. The van der Waals surface area contributed by atoms with Crippen molar-refractivity contribution in [3.8, 4) is 0 Å². The molecule has 1 atom stereocenters. The lowest BCUT2D eigenvalue weighted by molar-refractivity contribution is -0.305. The number of urea groups is 1. The third-order valence-electron chi connectivity index (χ3n) is 4.40. The average Bonchev–Trinajstić information content (AvgIpc) is 2.63. The number of nitrogens with one attached hydrogen (secondary N) is 1. The summed E-state index contributed by atoms with van der Waals surface area (Å²) in [4.78, 5) is 36.8. The number of aliphatic carboxylic acids is 1. The van der Waals surface area contributed by atoms with Crippen molar-refractivity contribution >= 4 is 18.0 Å². The zero-order valence-corrected chi connectivity index (χ0v) is 15.8. The fourth-order valence-corrected chi connectivity index (χ4v) is 3.05. The predicted octanol–water partition coefficient (Wildman–Crippen LogP) is 2.14. The van der Waals surface area contributed by atoms with Gasteiger partial charge >= 0.3 is 18.2 Å². The van der Waals surface area contributed by atoms with Crippen molar-refractivity contribution in [2.45, 2.75) is 38.9 Å². The molecule has 0 aliphatic carbocycles. The van der Waals surface area contributed by atoms with Gasteiger partial charge in [-0.25, -0.2) is 9.59 Å². The first kappa shape index (κ1) is 22.3. The highest BCUT2D eigenvalue weighted by Crippen LogP contribution is 2.35. The molecule has 1 heterocycles. The summed E-state index contributed by atoms with van der Waals surface area (Å²) >= 11 is 0. The molecule has 1 N–H and O–H groups in total. The molecule has 10 heteroatoms. The molecule has 1 aliphatic rings. The van der Waals surface area contributed by atoms with Gasteiger partial charge in [-0.2, -0.15) is 13.2 Å². The van der Waals surface area contributed by atoms with Crippen molar-refractivity contribution in [1.82, 2.24) is 10.2 Å². The van der Waals surface area contributed by atoms with Crippen LogP contribution >= 0.6 is 0 Å². The summed E-state index contributed by atoms with van der Waals surface area (Å²) in [5.41, 5.74) is -0.668. The fourth-order valence-electron chi connectivity index (χ4n) is 3.05. The molecular formula is C19H20F3N2O5-. The molecule has 2 rings (SSSR count). The molecule has 158 valence electrons. The second-order valence-corrected chi connectivity index (χ2v) is 6.35. The number of carboxylic acid groups (broad SMARTS) is 1. The number of ether oxygens (including phenoxy) is 1. The van der Waals surface area contributed by atoms with Gasteiger partial charge in [0, 0.05) is 18.2 Å². The van der Waals surface area contributed by atoms with E-state index in [1.807, 2.05) is 0 Å². The molecule has 0 saturated heterocycles. The first-order valence-corrected chi connectivity index (χ1v) is 8.89. The summed E-state index contributed by atoms with van der Waals surface area (Å²) in [6.07, 6.45) is -4.80. The molecule has 0 unspecified atom stereocenters. The normalized spacial score (nSPS) is 17.2. The maximum Gasteiger partial charge on any atom is 0.416 e. The highest BCUT2D eigenvalue weighted by atomic mass is 19.4. The molecule has 7 nitrogen and oxygen atoms in total. The van der Waals surface area contributed by atoms with E-state index >= 15 is 0 Å². The minimum Gasteiger partial charge on any atom is -0.550 e. The number of rotatable bonds is 7. The predicted molar refractivity (Wildman–Crippen MR) is 93.0 cm³/mol. The number of hydrogen-bond donors (Lipinski definition) is 1. The van der Waals surface area contributed by atoms with Crippen LogP contribution in [0, 0.1) is 0 Å². The average molecular weight is 413 g/mol. The van der Waals surface area contributed by atoms with E-state index in [2.05, 4.69) is 5.32 Å². The first-order valence-electron chi connectivity index (χ1n) is 8.89. The number of alkyl halides is 3. The zero-order chi connectivity index (χ0) is 21.8. The van der Waals surface area contributed by atoms with Crippen molar-refractivity contribution in [3.63, 3.8) is 0 Å². The van der Waals surface area contributed by atoms with Crippen LogP contribution in [-0.4, -0.2) is 36.0 Å². The minimum atomic E-state index is -4.59. The molecular weight excluding hydrogens is 393 g/mol. The second-order valence-electron chi connectivity index (χ2n) is 6.35. The Morgan fingerprint density at radius 3 is 2.59 bits per heavy atom. The number of allylic oxidation sites excluding steroid dienone is 1. The van der Waals surface area contributed by atoms with Gasteiger partial charge < -0.3 is 20.0 Å². The van der Waals surface area contributed by atoms with E-state index in [-0.39, 0.29) is 42.8 Å². The number of benzene rings is 1. The Labute approximate surface area is 165 Å². The lowest BCUT2D eigenvalue weighted by Gasteiger charge is -2.35. The van der Waals surface area contributed by atoms with Gasteiger partial charge in [0.15, 0.2) is 0 Å². The van der Waals surface area contributed by atoms with E-state index in [1.165, 1.54) is 24.0 Å². The Hall–Kier alpha value is -3.04. The van der Waals surface area contributed by atoms with Gasteiger partial charge in [0.25, 0.3) is 0 Å². The molecule has 0 saturated carbocycles. The van der Waals surface area contributed by atoms with E-state index < -0.39 is 35.8 Å². The summed E-state index contributed by atoms with van der Waals surface area (Å²) in [7, 11) is 0. The van der Waals surface area contributed by atoms with Crippen LogP contribution in [0.3, 0.4) is 0 Å². The molecule has 0 bridgehead atoms. The number of halogens is 3. The SMILES string of the molecule is CCOC(=O)C1=C(C)N(CCCC(=O)[O-])C(=O)N[C@@H]1c1cccc(C(F)(F)F)c1. The fraction of sp³-hybridized carbons (Fsp3) is 0.421. The van der Waals surface area contributed by atoms with Crippen molar-refractivity contribution < 1.29 is 37.4 Å². The standard InChI is InChI=1S/C19H21F3N2O5/c1-3-29-17(27)15-11(2)24(9-5-8-14(25)26)18(28)23-16(15)12-6-4-7-13(10-12)19(20,21)22/h4,6-7,10,16H,3,5,8-9H2,1-2H3,(H,23,28)(H,25,26)/p-1/t16-/m1/s1. The Balaban J connectivity index is 2.46. The maximum atomic E-state index is 13.1. The van der Waals surface area contributed by atoms with Gasteiger partial charge in [0.05, 0.1) is 23.8 Å². The number of esters is 1. The third kappa shape index (κ3) is 5.27. The van der Waals surface area contributed by atoms with Crippen LogP contribution in [-0.2, 0) is 20.5 Å².